The van der Waals surface area contributed by atoms with E-state index in [2.05, 4.69) is 0 Å². The van der Waals surface area contributed by atoms with E-state index in [0.29, 0.717) is 6.42 Å². The Hall–Kier alpha value is -2.22. The number of benzene rings is 1. The minimum absolute atomic E-state index is 0.0436. The fourth-order valence-corrected chi connectivity index (χ4v) is 2.12. The van der Waals surface area contributed by atoms with Crippen molar-refractivity contribution in [2.75, 3.05) is 0 Å². The first-order valence-electron chi connectivity index (χ1n) is 5.82. The van der Waals surface area contributed by atoms with E-state index in [9.17, 15) is 20.2 Å². The van der Waals surface area contributed by atoms with Gasteiger partial charge in [0.05, 0.1) is 15.9 Å². The summed E-state index contributed by atoms with van der Waals surface area (Å²) in [5.41, 5.74) is 5.01. The van der Waals surface area contributed by atoms with Crippen LogP contribution in [0.4, 0.5) is 11.4 Å². The minimum atomic E-state index is -0.683. The molecule has 2 rings (SSSR count). The molecule has 0 amide bonds. The Morgan fingerprint density at radius 3 is 2.47 bits per heavy atom. The van der Waals surface area contributed by atoms with Gasteiger partial charge in [0.1, 0.15) is 6.10 Å². The Bertz CT molecular complexity index is 519. The first-order chi connectivity index (χ1) is 8.97. The summed E-state index contributed by atoms with van der Waals surface area (Å²) in [7, 11) is 0. The van der Waals surface area contributed by atoms with E-state index in [1.807, 2.05) is 0 Å². The number of non-ortho nitro benzene ring substituents is 1. The first-order valence-corrected chi connectivity index (χ1v) is 5.82. The van der Waals surface area contributed by atoms with E-state index in [1.165, 1.54) is 12.1 Å². The molecule has 0 heterocycles. The van der Waals surface area contributed by atoms with Crippen LogP contribution in [-0.4, -0.2) is 22.0 Å². The molecule has 8 heteroatoms. The van der Waals surface area contributed by atoms with Gasteiger partial charge in [0.25, 0.3) is 5.69 Å². The van der Waals surface area contributed by atoms with Gasteiger partial charge in [-0.15, -0.1) is 0 Å². The maximum Gasteiger partial charge on any atom is 0.317 e. The van der Waals surface area contributed by atoms with Crippen molar-refractivity contribution < 1.29 is 14.6 Å². The Morgan fingerprint density at radius 1 is 1.21 bits per heavy atom. The third-order valence-corrected chi connectivity index (χ3v) is 3.07. The summed E-state index contributed by atoms with van der Waals surface area (Å²) < 4.78 is 5.53. The quantitative estimate of drug-likeness (QED) is 0.655. The highest BCUT2D eigenvalue weighted by Gasteiger charge is 2.27. The lowest BCUT2D eigenvalue weighted by molar-refractivity contribution is -0.394. The number of nitro benzene ring substituents is 2. The van der Waals surface area contributed by atoms with Gasteiger partial charge in [-0.25, -0.2) is 0 Å². The maximum absolute atomic E-state index is 10.9. The number of nitro groups is 2. The summed E-state index contributed by atoms with van der Waals surface area (Å²) >= 11 is 0. The first kappa shape index (κ1) is 13.2. The molecule has 102 valence electrons. The second-order valence-electron chi connectivity index (χ2n) is 4.48. The molecule has 0 aromatic heterocycles. The molecule has 0 aliphatic heterocycles. The predicted molar refractivity (Wildman–Crippen MR) is 66.0 cm³/mol. The van der Waals surface area contributed by atoms with E-state index >= 15 is 0 Å². The Balaban J connectivity index is 2.24. The SMILES string of the molecule is NC1CCC(Oc2ccc([N+](=O)[O-])cc2[N+](=O)[O-])C1. The van der Waals surface area contributed by atoms with Gasteiger partial charge in [-0.2, -0.15) is 0 Å². The van der Waals surface area contributed by atoms with Gasteiger partial charge in [-0.1, -0.05) is 0 Å². The van der Waals surface area contributed by atoms with Gasteiger partial charge in [0, 0.05) is 12.1 Å². The zero-order valence-corrected chi connectivity index (χ0v) is 10.0. The molecule has 1 aliphatic carbocycles. The van der Waals surface area contributed by atoms with Crippen molar-refractivity contribution in [3.8, 4) is 5.75 Å². The molecule has 1 fully saturated rings. The van der Waals surface area contributed by atoms with Crippen molar-refractivity contribution in [3.05, 3.63) is 38.4 Å². The standard InChI is InChI=1S/C11H13N3O5/c12-7-1-3-9(5-7)19-11-4-2-8(13(15)16)6-10(11)14(17)18/h2,4,6-7,9H,1,3,5,12H2. The number of nitrogens with zero attached hydrogens (tertiary/aromatic N) is 2. The summed E-state index contributed by atoms with van der Waals surface area (Å²) in [6, 6.07) is 3.41. The third kappa shape index (κ3) is 2.97. The average Bonchev–Trinajstić information content (AvgIpc) is 2.74. The topological polar surface area (TPSA) is 122 Å². The highest BCUT2D eigenvalue weighted by molar-refractivity contribution is 5.53. The van der Waals surface area contributed by atoms with Crippen molar-refractivity contribution in [1.29, 1.82) is 0 Å². The van der Waals surface area contributed by atoms with E-state index in [4.69, 9.17) is 10.5 Å². The van der Waals surface area contributed by atoms with Gasteiger partial charge in [0.15, 0.2) is 5.75 Å². The van der Waals surface area contributed by atoms with Crippen LogP contribution in [0.3, 0.4) is 0 Å². The fraction of sp³-hybridized carbons (Fsp3) is 0.455. The predicted octanol–water partition coefficient (Wildman–Crippen LogP) is 1.76. The molecular weight excluding hydrogens is 254 g/mol. The van der Waals surface area contributed by atoms with Gasteiger partial charge in [-0.05, 0) is 25.3 Å². The molecule has 1 aromatic rings. The van der Waals surface area contributed by atoms with Crippen molar-refractivity contribution in [3.63, 3.8) is 0 Å². The van der Waals surface area contributed by atoms with Gasteiger partial charge in [-0.3, -0.25) is 20.2 Å². The second-order valence-corrected chi connectivity index (χ2v) is 4.48. The Kier molecular flexibility index (Phi) is 3.61. The van der Waals surface area contributed by atoms with Crippen molar-refractivity contribution in [1.82, 2.24) is 0 Å². The number of nitrogens with two attached hydrogens (primary N) is 1. The van der Waals surface area contributed by atoms with Gasteiger partial charge >= 0.3 is 5.69 Å². The molecule has 0 spiro atoms. The number of rotatable bonds is 4. The lowest BCUT2D eigenvalue weighted by Gasteiger charge is -2.13. The maximum atomic E-state index is 10.9. The number of ether oxygens (including phenoxy) is 1. The van der Waals surface area contributed by atoms with E-state index in [1.54, 1.807) is 0 Å². The van der Waals surface area contributed by atoms with E-state index < -0.39 is 15.5 Å². The second kappa shape index (κ2) is 5.19. The van der Waals surface area contributed by atoms with Crippen molar-refractivity contribution in [2.45, 2.75) is 31.4 Å². The monoisotopic (exact) mass is 267 g/mol. The third-order valence-electron chi connectivity index (χ3n) is 3.07. The molecule has 0 saturated heterocycles. The van der Waals surface area contributed by atoms with E-state index in [0.717, 1.165) is 18.9 Å². The normalized spacial score (nSPS) is 22.2. The zero-order chi connectivity index (χ0) is 14.0. The van der Waals surface area contributed by atoms with E-state index in [-0.39, 0.29) is 23.6 Å². The van der Waals surface area contributed by atoms with Crippen LogP contribution < -0.4 is 10.5 Å². The van der Waals surface area contributed by atoms with Crippen LogP contribution >= 0.6 is 0 Å². The number of hydrogen-bond donors (Lipinski definition) is 1. The smallest absolute Gasteiger partial charge is 0.317 e. The summed E-state index contributed by atoms with van der Waals surface area (Å²) in [5, 5.41) is 21.5. The molecular formula is C11H13N3O5. The fourth-order valence-electron chi connectivity index (χ4n) is 2.12. The molecule has 2 unspecified atom stereocenters. The van der Waals surface area contributed by atoms with Crippen molar-refractivity contribution in [2.24, 2.45) is 5.73 Å². The summed E-state index contributed by atoms with van der Waals surface area (Å²) in [5.74, 6) is 0.0506. The molecule has 0 bridgehead atoms. The molecule has 2 atom stereocenters. The molecule has 19 heavy (non-hydrogen) atoms. The van der Waals surface area contributed by atoms with Crippen molar-refractivity contribution >= 4 is 11.4 Å². The highest BCUT2D eigenvalue weighted by atomic mass is 16.6. The van der Waals surface area contributed by atoms with Gasteiger partial charge < -0.3 is 10.5 Å². The Morgan fingerprint density at radius 2 is 1.95 bits per heavy atom. The molecule has 1 aliphatic rings. The van der Waals surface area contributed by atoms with Crippen LogP contribution in [0.15, 0.2) is 18.2 Å². The number of hydrogen-bond acceptors (Lipinski definition) is 6. The highest BCUT2D eigenvalue weighted by Crippen LogP contribution is 2.33. The van der Waals surface area contributed by atoms with Crippen LogP contribution in [-0.2, 0) is 0 Å². The van der Waals surface area contributed by atoms with Crippen LogP contribution in [0.25, 0.3) is 0 Å². The lowest BCUT2D eigenvalue weighted by Crippen LogP contribution is -2.19. The summed E-state index contributed by atoms with van der Waals surface area (Å²) in [6.07, 6.45) is 2.00. The average molecular weight is 267 g/mol. The lowest BCUT2D eigenvalue weighted by atomic mass is 10.2. The molecule has 1 saturated carbocycles. The van der Waals surface area contributed by atoms with Crippen LogP contribution in [0.5, 0.6) is 5.75 Å². The summed E-state index contributed by atoms with van der Waals surface area (Å²) in [4.78, 5) is 20.2. The van der Waals surface area contributed by atoms with Crippen LogP contribution in [0.2, 0.25) is 0 Å². The molecule has 8 nitrogen and oxygen atoms in total. The van der Waals surface area contributed by atoms with Crippen LogP contribution in [0.1, 0.15) is 19.3 Å². The minimum Gasteiger partial charge on any atom is -0.483 e. The van der Waals surface area contributed by atoms with Crippen LogP contribution in [0, 0.1) is 20.2 Å². The summed E-state index contributed by atoms with van der Waals surface area (Å²) in [6.45, 7) is 0. The Labute approximate surface area is 108 Å². The van der Waals surface area contributed by atoms with Gasteiger partial charge in [0.2, 0.25) is 0 Å². The largest absolute Gasteiger partial charge is 0.483 e. The zero-order valence-electron chi connectivity index (χ0n) is 10.0. The molecule has 1 aromatic carbocycles. The molecule has 0 radical (unpaired) electrons. The molecule has 2 N–H and O–H groups in total.